The molecule has 3 heterocycles. The van der Waals surface area contributed by atoms with Gasteiger partial charge in [0.1, 0.15) is 16.0 Å². The van der Waals surface area contributed by atoms with E-state index in [2.05, 4.69) is 0 Å². The fourth-order valence-electron chi connectivity index (χ4n) is 3.25. The highest BCUT2D eigenvalue weighted by Crippen LogP contribution is 2.32. The van der Waals surface area contributed by atoms with Crippen LogP contribution in [0.15, 0.2) is 68.8 Å². The molecule has 1 saturated heterocycles. The second-order valence-electron chi connectivity index (χ2n) is 6.68. The van der Waals surface area contributed by atoms with Crippen LogP contribution >= 0.6 is 11.3 Å². The first-order chi connectivity index (χ1) is 13.9. The third-order valence-corrected chi connectivity index (χ3v) is 7.94. The summed E-state index contributed by atoms with van der Waals surface area (Å²) in [4.78, 5) is 26.9. The minimum Gasteiger partial charge on any atom is -0.468 e. The third-order valence-electron chi connectivity index (χ3n) is 4.71. The van der Waals surface area contributed by atoms with Gasteiger partial charge in [-0.05, 0) is 42.6 Å². The van der Waals surface area contributed by atoms with Crippen molar-refractivity contribution in [1.29, 1.82) is 0 Å². The van der Waals surface area contributed by atoms with Crippen LogP contribution in [0.25, 0.3) is 0 Å². The molecular weight excluding hydrogens is 412 g/mol. The molecule has 0 spiro atoms. The molecule has 2 aromatic heterocycles. The minimum atomic E-state index is -3.99. The number of amides is 2. The molecule has 0 saturated carbocycles. The number of carbonyl (C=O) groups excluding carboxylic acids is 2. The molecule has 0 radical (unpaired) electrons. The summed E-state index contributed by atoms with van der Waals surface area (Å²) in [6.45, 7) is 1.76. The molecule has 1 aliphatic heterocycles. The molecule has 0 bridgehead atoms. The molecule has 0 aliphatic carbocycles. The van der Waals surface area contributed by atoms with Gasteiger partial charge in [-0.15, -0.1) is 11.3 Å². The summed E-state index contributed by atoms with van der Waals surface area (Å²) in [5, 5.41) is 1.65. The maximum absolute atomic E-state index is 13.3. The number of aryl methyl sites for hydroxylation is 1. The highest BCUT2D eigenvalue weighted by molar-refractivity contribution is 7.91. The number of benzene rings is 1. The van der Waals surface area contributed by atoms with Crippen molar-refractivity contribution in [1.82, 2.24) is 4.31 Å². The van der Waals surface area contributed by atoms with Crippen LogP contribution in [0, 0.1) is 6.92 Å². The maximum Gasteiger partial charge on any atom is 0.253 e. The van der Waals surface area contributed by atoms with E-state index >= 15 is 0 Å². The first-order valence-electron chi connectivity index (χ1n) is 8.89. The second-order valence-corrected chi connectivity index (χ2v) is 9.75. The largest absolute Gasteiger partial charge is 0.468 e. The lowest BCUT2D eigenvalue weighted by atomic mass is 10.2. The van der Waals surface area contributed by atoms with Gasteiger partial charge in [0.05, 0.1) is 24.9 Å². The van der Waals surface area contributed by atoms with Gasteiger partial charge < -0.3 is 4.42 Å². The Kier molecular flexibility index (Phi) is 5.12. The summed E-state index contributed by atoms with van der Waals surface area (Å²) in [6.07, 6.45) is 1.21. The Labute approximate surface area is 172 Å². The molecule has 0 N–H and O–H groups in total. The van der Waals surface area contributed by atoms with Gasteiger partial charge in [0.15, 0.2) is 0 Å². The van der Waals surface area contributed by atoms with E-state index in [0.29, 0.717) is 11.4 Å². The fraction of sp³-hybridized carbons (Fsp3) is 0.200. The van der Waals surface area contributed by atoms with E-state index in [0.717, 1.165) is 26.1 Å². The van der Waals surface area contributed by atoms with Gasteiger partial charge in [-0.25, -0.2) is 13.3 Å². The Morgan fingerprint density at radius 1 is 1.14 bits per heavy atom. The van der Waals surface area contributed by atoms with E-state index in [9.17, 15) is 18.0 Å². The summed E-state index contributed by atoms with van der Waals surface area (Å²) in [7, 11) is -3.99. The van der Waals surface area contributed by atoms with Crippen LogP contribution < -0.4 is 4.90 Å². The molecule has 1 aromatic carbocycles. The van der Waals surface area contributed by atoms with Gasteiger partial charge in [-0.3, -0.25) is 9.59 Å². The molecule has 4 rings (SSSR count). The predicted octanol–water partition coefficient (Wildman–Crippen LogP) is 3.17. The van der Waals surface area contributed by atoms with Gasteiger partial charge in [0.2, 0.25) is 5.91 Å². The molecule has 150 valence electrons. The van der Waals surface area contributed by atoms with Crippen LogP contribution in [0.1, 0.15) is 17.7 Å². The number of sulfonamides is 1. The van der Waals surface area contributed by atoms with E-state index < -0.39 is 27.9 Å². The van der Waals surface area contributed by atoms with E-state index in [1.807, 2.05) is 6.92 Å². The van der Waals surface area contributed by atoms with Crippen molar-refractivity contribution >= 4 is 38.9 Å². The first kappa shape index (κ1) is 19.6. The van der Waals surface area contributed by atoms with Gasteiger partial charge >= 0.3 is 0 Å². The predicted molar refractivity (Wildman–Crippen MR) is 108 cm³/mol. The monoisotopic (exact) mass is 430 g/mol. The van der Waals surface area contributed by atoms with Gasteiger partial charge in [0.25, 0.3) is 15.9 Å². The van der Waals surface area contributed by atoms with Gasteiger partial charge in [0, 0.05) is 0 Å². The van der Waals surface area contributed by atoms with Crippen molar-refractivity contribution in [2.24, 2.45) is 0 Å². The second kappa shape index (κ2) is 7.58. The number of furan rings is 1. The summed E-state index contributed by atoms with van der Waals surface area (Å²) in [5.41, 5.74) is 1.42. The Morgan fingerprint density at radius 2 is 1.90 bits per heavy atom. The Bertz CT molecular complexity index is 1120. The zero-order valence-electron chi connectivity index (χ0n) is 15.5. The van der Waals surface area contributed by atoms with Crippen LogP contribution in [0.5, 0.6) is 0 Å². The first-order valence-corrected chi connectivity index (χ1v) is 11.2. The Hall–Kier alpha value is -2.75. The van der Waals surface area contributed by atoms with E-state index in [1.165, 1.54) is 12.3 Å². The Morgan fingerprint density at radius 3 is 2.52 bits per heavy atom. The van der Waals surface area contributed by atoms with Crippen molar-refractivity contribution in [3.63, 3.8) is 0 Å². The smallest absolute Gasteiger partial charge is 0.253 e. The molecule has 1 aliphatic rings. The van der Waals surface area contributed by atoms with Crippen LogP contribution in [0.2, 0.25) is 0 Å². The third kappa shape index (κ3) is 3.64. The average molecular weight is 431 g/mol. The molecular formula is C20H18N2O5S2. The van der Waals surface area contributed by atoms with Crippen molar-refractivity contribution in [2.75, 3.05) is 4.90 Å². The topological polar surface area (TPSA) is 87.9 Å². The number of anilines is 1. The van der Waals surface area contributed by atoms with Crippen LogP contribution in [-0.4, -0.2) is 30.6 Å². The number of imide groups is 1. The lowest BCUT2D eigenvalue weighted by Crippen LogP contribution is -2.44. The molecule has 2 amide bonds. The lowest BCUT2D eigenvalue weighted by Gasteiger charge is -2.25. The number of hydrogen-bond donors (Lipinski definition) is 0. The summed E-state index contributed by atoms with van der Waals surface area (Å²) >= 11 is 1.06. The van der Waals surface area contributed by atoms with Crippen molar-refractivity contribution in [3.05, 3.63) is 71.5 Å². The Balaban J connectivity index is 1.72. The van der Waals surface area contributed by atoms with Gasteiger partial charge in [-0.2, -0.15) is 4.31 Å². The van der Waals surface area contributed by atoms with E-state index in [-0.39, 0.29) is 17.2 Å². The maximum atomic E-state index is 13.3. The highest BCUT2D eigenvalue weighted by Gasteiger charge is 2.47. The SMILES string of the molecule is Cc1ccc(N2C(=O)CC(N(Cc3ccco3)S(=O)(=O)c3cccs3)C2=O)cc1. The number of rotatable bonds is 6. The molecule has 3 aromatic rings. The van der Waals surface area contributed by atoms with E-state index in [1.54, 1.807) is 47.8 Å². The normalized spacial score (nSPS) is 17.4. The van der Waals surface area contributed by atoms with Crippen LogP contribution in [-0.2, 0) is 26.2 Å². The average Bonchev–Trinajstić information content (AvgIpc) is 3.43. The van der Waals surface area contributed by atoms with Crippen molar-refractivity contribution in [2.45, 2.75) is 30.1 Å². The van der Waals surface area contributed by atoms with E-state index in [4.69, 9.17) is 4.42 Å². The van der Waals surface area contributed by atoms with Crippen LogP contribution in [0.4, 0.5) is 5.69 Å². The molecule has 7 nitrogen and oxygen atoms in total. The standard InChI is InChI=1S/C20H18N2O5S2/c1-14-6-8-15(9-7-14)22-18(23)12-17(20(22)24)21(13-16-4-2-10-27-16)29(25,26)19-5-3-11-28-19/h2-11,17H,12-13H2,1H3. The molecule has 29 heavy (non-hydrogen) atoms. The fourth-order valence-corrected chi connectivity index (χ4v) is 5.92. The van der Waals surface area contributed by atoms with Gasteiger partial charge in [-0.1, -0.05) is 23.8 Å². The molecule has 1 unspecified atom stereocenters. The summed E-state index contributed by atoms with van der Waals surface area (Å²) < 4.78 is 33.0. The molecule has 1 fully saturated rings. The number of nitrogens with zero attached hydrogens (tertiary/aromatic N) is 2. The quantitative estimate of drug-likeness (QED) is 0.561. The summed E-state index contributed by atoms with van der Waals surface area (Å²) in [5.74, 6) is -0.612. The van der Waals surface area contributed by atoms with Crippen molar-refractivity contribution < 1.29 is 22.4 Å². The van der Waals surface area contributed by atoms with Crippen LogP contribution in [0.3, 0.4) is 0 Å². The number of thiophene rings is 1. The number of carbonyl (C=O) groups is 2. The number of hydrogen-bond acceptors (Lipinski definition) is 6. The van der Waals surface area contributed by atoms with Crippen molar-refractivity contribution in [3.8, 4) is 0 Å². The zero-order valence-corrected chi connectivity index (χ0v) is 17.2. The minimum absolute atomic E-state index is 0.109. The molecule has 9 heteroatoms. The highest BCUT2D eigenvalue weighted by atomic mass is 32.2. The lowest BCUT2D eigenvalue weighted by molar-refractivity contribution is -0.122. The summed E-state index contributed by atoms with van der Waals surface area (Å²) in [6, 6.07) is 12.2. The molecule has 1 atom stereocenters. The zero-order chi connectivity index (χ0) is 20.6.